The van der Waals surface area contributed by atoms with Crippen LogP contribution in [0.25, 0.3) is 21.7 Å². The molecule has 0 unspecified atom stereocenters. The van der Waals surface area contributed by atoms with E-state index in [0.29, 0.717) is 5.44 Å². The lowest BCUT2D eigenvalue weighted by atomic mass is 10.1. The fourth-order valence-electron chi connectivity index (χ4n) is 4.03. The van der Waals surface area contributed by atoms with Gasteiger partial charge >= 0.3 is 0 Å². The number of benzene rings is 4. The second kappa shape index (κ2) is 7.23. The number of para-hydroxylation sites is 1. The maximum absolute atomic E-state index is 15.0. The Hall–Kier alpha value is -3.22. The van der Waals surface area contributed by atoms with Gasteiger partial charge in [0.25, 0.3) is 0 Å². The Labute approximate surface area is 176 Å². The molecule has 0 N–H and O–H groups in total. The van der Waals surface area contributed by atoms with Crippen molar-refractivity contribution in [2.75, 3.05) is 0 Å². The van der Waals surface area contributed by atoms with Crippen molar-refractivity contribution in [1.29, 1.82) is 0 Å². The monoisotopic (exact) mass is 407 g/mol. The summed E-state index contributed by atoms with van der Waals surface area (Å²) in [6.45, 7) is 4.09. The van der Waals surface area contributed by atoms with Crippen molar-refractivity contribution in [2.45, 2.75) is 13.8 Å². The molecule has 4 aromatic carbocycles. The highest BCUT2D eigenvalue weighted by Gasteiger charge is 2.33. The Morgan fingerprint density at radius 2 is 1.03 bits per heavy atom. The maximum atomic E-state index is 15.0. The van der Waals surface area contributed by atoms with Crippen LogP contribution >= 0.6 is 7.14 Å². The lowest BCUT2D eigenvalue weighted by molar-refractivity contribution is 0.592. The molecule has 1 aromatic heterocycles. The van der Waals surface area contributed by atoms with Crippen LogP contribution in [0.15, 0.2) is 97.1 Å². The summed E-state index contributed by atoms with van der Waals surface area (Å²) in [7, 11) is -3.18. The molecule has 0 fully saturated rings. The molecule has 0 radical (unpaired) electrons. The van der Waals surface area contributed by atoms with E-state index in [0.717, 1.165) is 43.4 Å². The molecule has 5 aromatic rings. The van der Waals surface area contributed by atoms with Crippen LogP contribution in [0.4, 0.5) is 0 Å². The quantitative estimate of drug-likeness (QED) is 0.286. The van der Waals surface area contributed by atoms with Gasteiger partial charge in [-0.25, -0.2) is 4.98 Å². The summed E-state index contributed by atoms with van der Waals surface area (Å²) < 4.78 is 15.0. The molecule has 2 nitrogen and oxygen atoms in total. The van der Waals surface area contributed by atoms with Crippen LogP contribution in [0.2, 0.25) is 0 Å². The molecule has 0 atom stereocenters. The van der Waals surface area contributed by atoms with Gasteiger partial charge in [-0.3, -0.25) is 0 Å². The van der Waals surface area contributed by atoms with E-state index < -0.39 is 7.14 Å². The van der Waals surface area contributed by atoms with Gasteiger partial charge in [0.05, 0.1) is 5.52 Å². The Kier molecular flexibility index (Phi) is 4.53. The molecule has 0 spiro atoms. The van der Waals surface area contributed by atoms with Crippen LogP contribution in [-0.4, -0.2) is 4.98 Å². The van der Waals surface area contributed by atoms with Gasteiger partial charge < -0.3 is 4.57 Å². The van der Waals surface area contributed by atoms with Gasteiger partial charge in [0.1, 0.15) is 5.44 Å². The van der Waals surface area contributed by atoms with Crippen LogP contribution in [0.3, 0.4) is 0 Å². The van der Waals surface area contributed by atoms with Crippen molar-refractivity contribution in [2.24, 2.45) is 0 Å². The molecule has 0 aliphatic heterocycles. The number of pyridine rings is 1. The van der Waals surface area contributed by atoms with Gasteiger partial charge in [-0.2, -0.15) is 0 Å². The Morgan fingerprint density at radius 1 is 0.567 bits per heavy atom. The van der Waals surface area contributed by atoms with Crippen molar-refractivity contribution in [3.8, 4) is 0 Å². The van der Waals surface area contributed by atoms with E-state index in [9.17, 15) is 0 Å². The number of aryl methyl sites for hydroxylation is 2. The van der Waals surface area contributed by atoms with Gasteiger partial charge in [0, 0.05) is 21.4 Å². The van der Waals surface area contributed by atoms with Crippen molar-refractivity contribution >= 4 is 44.9 Å². The highest BCUT2D eigenvalue weighted by atomic mass is 31.2. The van der Waals surface area contributed by atoms with Crippen LogP contribution < -0.4 is 16.0 Å². The molecule has 1 heterocycles. The van der Waals surface area contributed by atoms with Gasteiger partial charge in [-0.15, -0.1) is 0 Å². The fraction of sp³-hybridized carbons (Fsp3) is 0.0741. The van der Waals surface area contributed by atoms with Crippen molar-refractivity contribution in [3.05, 3.63) is 108 Å². The third kappa shape index (κ3) is 2.96. The zero-order valence-electron chi connectivity index (χ0n) is 17.0. The molecule has 5 rings (SSSR count). The molecular weight excluding hydrogens is 385 g/mol. The third-order valence-electron chi connectivity index (χ3n) is 5.68. The first kappa shape index (κ1) is 18.8. The summed E-state index contributed by atoms with van der Waals surface area (Å²) in [5.74, 6) is 0. The van der Waals surface area contributed by atoms with E-state index in [1.165, 1.54) is 0 Å². The first-order chi connectivity index (χ1) is 14.6. The molecule has 30 heavy (non-hydrogen) atoms. The highest BCUT2D eigenvalue weighted by Crippen LogP contribution is 2.44. The highest BCUT2D eigenvalue weighted by molar-refractivity contribution is 7.85. The summed E-state index contributed by atoms with van der Waals surface area (Å²) in [5, 5.41) is 4.73. The number of fused-ring (bicyclic) bond motifs is 3. The lowest BCUT2D eigenvalue weighted by Crippen LogP contribution is -2.28. The smallest absolute Gasteiger partial charge is 0.189 e. The molecular formula is C27H22NOP. The first-order valence-corrected chi connectivity index (χ1v) is 11.8. The SMILES string of the molecule is Cc1ccc(P(=O)(c2ccc(C)cc2)c2nc3ccccc3c3ccccc23)cc1. The minimum atomic E-state index is -3.18. The van der Waals surface area contributed by atoms with E-state index in [1.54, 1.807) is 0 Å². The first-order valence-electron chi connectivity index (χ1n) is 10.1. The molecule has 0 saturated heterocycles. The molecule has 0 saturated carbocycles. The summed E-state index contributed by atoms with van der Waals surface area (Å²) >= 11 is 0. The summed E-state index contributed by atoms with van der Waals surface area (Å²) in [4.78, 5) is 5.01. The van der Waals surface area contributed by atoms with Gasteiger partial charge in [0.15, 0.2) is 7.14 Å². The average molecular weight is 407 g/mol. The fourth-order valence-corrected chi connectivity index (χ4v) is 6.74. The zero-order chi connectivity index (χ0) is 20.7. The largest absolute Gasteiger partial charge is 0.307 e. The third-order valence-corrected chi connectivity index (χ3v) is 8.67. The summed E-state index contributed by atoms with van der Waals surface area (Å²) in [6.07, 6.45) is 0. The summed E-state index contributed by atoms with van der Waals surface area (Å²) in [6, 6.07) is 32.3. The van der Waals surface area contributed by atoms with Crippen molar-refractivity contribution in [3.63, 3.8) is 0 Å². The second-order valence-corrected chi connectivity index (χ2v) is 10.5. The van der Waals surface area contributed by atoms with Gasteiger partial charge in [0.2, 0.25) is 0 Å². The minimum Gasteiger partial charge on any atom is -0.307 e. The van der Waals surface area contributed by atoms with E-state index >= 15 is 4.57 Å². The predicted octanol–water partition coefficient (Wildman–Crippen LogP) is 5.64. The van der Waals surface area contributed by atoms with E-state index in [2.05, 4.69) is 12.1 Å². The standard InChI is InChI=1S/C27H22NOP/c1-19-11-15-21(16-12-19)30(29,22-17-13-20(2)14-18-22)27-25-9-4-3-7-23(25)24-8-5-6-10-26(24)28-27/h3-18H,1-2H3. The van der Waals surface area contributed by atoms with Crippen LogP contribution in [0.5, 0.6) is 0 Å². The van der Waals surface area contributed by atoms with E-state index in [1.807, 2.05) is 98.8 Å². The van der Waals surface area contributed by atoms with Crippen LogP contribution in [0.1, 0.15) is 11.1 Å². The molecule has 0 bridgehead atoms. The molecule has 0 aliphatic carbocycles. The Bertz CT molecular complexity index is 1370. The zero-order valence-corrected chi connectivity index (χ0v) is 17.9. The number of aromatic nitrogens is 1. The van der Waals surface area contributed by atoms with E-state index in [4.69, 9.17) is 4.98 Å². The predicted molar refractivity (Wildman–Crippen MR) is 128 cm³/mol. The maximum Gasteiger partial charge on any atom is 0.189 e. The van der Waals surface area contributed by atoms with Crippen molar-refractivity contribution in [1.82, 2.24) is 4.98 Å². The van der Waals surface area contributed by atoms with E-state index in [-0.39, 0.29) is 0 Å². The van der Waals surface area contributed by atoms with Crippen LogP contribution in [0, 0.1) is 13.8 Å². The summed E-state index contributed by atoms with van der Waals surface area (Å²) in [5.41, 5.74) is 3.81. The molecule has 0 amide bonds. The van der Waals surface area contributed by atoms with Gasteiger partial charge in [-0.1, -0.05) is 102 Å². The number of rotatable bonds is 3. The average Bonchev–Trinajstić information content (AvgIpc) is 2.79. The molecule has 3 heteroatoms. The Balaban J connectivity index is 1.93. The molecule has 146 valence electrons. The van der Waals surface area contributed by atoms with Crippen molar-refractivity contribution < 1.29 is 4.57 Å². The number of hydrogen-bond acceptors (Lipinski definition) is 2. The molecule has 0 aliphatic rings. The number of nitrogens with zero attached hydrogens (tertiary/aromatic N) is 1. The normalized spacial score (nSPS) is 11.8. The van der Waals surface area contributed by atoms with Gasteiger partial charge in [-0.05, 0) is 25.3 Å². The lowest BCUT2D eigenvalue weighted by Gasteiger charge is -2.22. The topological polar surface area (TPSA) is 30.0 Å². The Morgan fingerprint density at radius 3 is 1.60 bits per heavy atom. The number of hydrogen-bond donors (Lipinski definition) is 0. The minimum absolute atomic E-state index is 0.657. The van der Waals surface area contributed by atoms with Crippen LogP contribution in [-0.2, 0) is 4.57 Å². The second-order valence-electron chi connectivity index (χ2n) is 7.78.